The summed E-state index contributed by atoms with van der Waals surface area (Å²) < 4.78 is 22.8. The van der Waals surface area contributed by atoms with Gasteiger partial charge in [0.25, 0.3) is 0 Å². The van der Waals surface area contributed by atoms with Crippen molar-refractivity contribution >= 4 is 39.8 Å². The fourth-order valence-electron chi connectivity index (χ4n) is 3.83. The maximum atomic E-state index is 11.4. The van der Waals surface area contributed by atoms with Crippen LogP contribution in [-0.4, -0.2) is 57.5 Å². The zero-order chi connectivity index (χ0) is 17.8. The molecule has 2 fully saturated rings. The van der Waals surface area contributed by atoms with Crippen LogP contribution in [-0.2, 0) is 9.84 Å². The van der Waals surface area contributed by atoms with Gasteiger partial charge >= 0.3 is 0 Å². The molecule has 2 atom stereocenters. The molecule has 1 aliphatic carbocycles. The molecule has 1 aliphatic heterocycles. The third-order valence-corrected chi connectivity index (χ3v) is 6.36. The number of guanidine groups is 1. The van der Waals surface area contributed by atoms with E-state index in [-0.39, 0.29) is 35.1 Å². The lowest BCUT2D eigenvalue weighted by atomic mass is 9.82. The summed E-state index contributed by atoms with van der Waals surface area (Å²) >= 11 is 0. The molecule has 148 valence electrons. The van der Waals surface area contributed by atoms with E-state index in [0.29, 0.717) is 13.0 Å². The van der Waals surface area contributed by atoms with E-state index < -0.39 is 9.84 Å². The largest absolute Gasteiger partial charge is 0.357 e. The molecule has 0 aromatic rings. The number of sulfone groups is 1. The minimum absolute atomic E-state index is 0. The van der Waals surface area contributed by atoms with Gasteiger partial charge < -0.3 is 10.2 Å². The van der Waals surface area contributed by atoms with E-state index in [1.807, 2.05) is 0 Å². The van der Waals surface area contributed by atoms with Crippen LogP contribution in [0, 0.1) is 17.3 Å². The van der Waals surface area contributed by atoms with Gasteiger partial charge in [0.1, 0.15) is 9.84 Å². The predicted molar refractivity (Wildman–Crippen MR) is 117 cm³/mol. The highest BCUT2D eigenvalue weighted by Gasteiger charge is 2.35. The number of halogens is 1. The molecule has 1 heterocycles. The molecule has 1 saturated carbocycles. The summed E-state index contributed by atoms with van der Waals surface area (Å²) in [6.45, 7) is 10.1. The van der Waals surface area contributed by atoms with Gasteiger partial charge in [0.2, 0.25) is 0 Å². The van der Waals surface area contributed by atoms with Crippen LogP contribution in [0.25, 0.3) is 0 Å². The molecular formula is C18H36IN3O2S. The van der Waals surface area contributed by atoms with Gasteiger partial charge in [-0.15, -0.1) is 24.0 Å². The molecule has 2 unspecified atom stereocenters. The molecule has 7 heteroatoms. The van der Waals surface area contributed by atoms with Crippen LogP contribution in [0.5, 0.6) is 0 Å². The van der Waals surface area contributed by atoms with Crippen LogP contribution in [0.1, 0.15) is 52.9 Å². The molecule has 0 aromatic carbocycles. The highest BCUT2D eigenvalue weighted by Crippen LogP contribution is 2.36. The Hall–Kier alpha value is -0.0500. The standard InChI is InChI=1S/C18H35N3O2S.HI/c1-5-19-17(20-14-18(2,3)10-11-24(4,22)23)21-12-15-8-6-7-9-16(15)13-21;/h15-16H,5-14H2,1-4H3,(H,19,20);1H. The van der Waals surface area contributed by atoms with Crippen molar-refractivity contribution in [1.29, 1.82) is 0 Å². The number of nitrogens with one attached hydrogen (secondary N) is 1. The predicted octanol–water partition coefficient (Wildman–Crippen LogP) is 3.15. The lowest BCUT2D eigenvalue weighted by Crippen LogP contribution is -2.41. The smallest absolute Gasteiger partial charge is 0.193 e. The minimum Gasteiger partial charge on any atom is -0.357 e. The van der Waals surface area contributed by atoms with Crippen molar-refractivity contribution in [3.05, 3.63) is 0 Å². The van der Waals surface area contributed by atoms with Gasteiger partial charge in [-0.25, -0.2) is 8.42 Å². The van der Waals surface area contributed by atoms with Crippen LogP contribution in [0.3, 0.4) is 0 Å². The maximum absolute atomic E-state index is 11.4. The Morgan fingerprint density at radius 3 is 2.24 bits per heavy atom. The van der Waals surface area contributed by atoms with Gasteiger partial charge in [-0.05, 0) is 43.4 Å². The molecule has 0 aromatic heterocycles. The topological polar surface area (TPSA) is 61.8 Å². The summed E-state index contributed by atoms with van der Waals surface area (Å²) in [6.07, 6.45) is 7.44. The summed E-state index contributed by atoms with van der Waals surface area (Å²) in [5.41, 5.74) is -0.101. The van der Waals surface area contributed by atoms with Crippen LogP contribution in [0.4, 0.5) is 0 Å². The lowest BCUT2D eigenvalue weighted by molar-refractivity contribution is 0.299. The molecular weight excluding hydrogens is 449 g/mol. The summed E-state index contributed by atoms with van der Waals surface area (Å²) in [7, 11) is -2.91. The number of fused-ring (bicyclic) bond motifs is 1. The van der Waals surface area contributed by atoms with Gasteiger partial charge in [-0.1, -0.05) is 26.7 Å². The molecule has 0 spiro atoms. The second-order valence-electron chi connectivity index (χ2n) is 8.42. The Kier molecular flexibility index (Phi) is 8.98. The van der Waals surface area contributed by atoms with Crippen molar-refractivity contribution < 1.29 is 8.42 Å². The van der Waals surface area contributed by atoms with Gasteiger partial charge in [-0.2, -0.15) is 0 Å². The summed E-state index contributed by atoms with van der Waals surface area (Å²) in [5.74, 6) is 2.92. The number of rotatable bonds is 6. The zero-order valence-electron chi connectivity index (χ0n) is 16.3. The first-order valence-electron chi connectivity index (χ1n) is 9.41. The van der Waals surface area contributed by atoms with E-state index in [1.165, 1.54) is 31.9 Å². The normalized spacial score (nSPS) is 24.6. The number of likely N-dealkylation sites (tertiary alicyclic amines) is 1. The Morgan fingerprint density at radius 2 is 1.76 bits per heavy atom. The van der Waals surface area contributed by atoms with Crippen molar-refractivity contribution in [2.75, 3.05) is 38.2 Å². The maximum Gasteiger partial charge on any atom is 0.193 e. The highest BCUT2D eigenvalue weighted by atomic mass is 127. The molecule has 0 amide bonds. The van der Waals surface area contributed by atoms with Gasteiger partial charge in [-0.3, -0.25) is 4.99 Å². The van der Waals surface area contributed by atoms with E-state index in [0.717, 1.165) is 37.4 Å². The first kappa shape index (κ1) is 23.0. The van der Waals surface area contributed by atoms with Gasteiger partial charge in [0.05, 0.1) is 5.75 Å². The molecule has 1 saturated heterocycles. The number of hydrogen-bond donors (Lipinski definition) is 1. The van der Waals surface area contributed by atoms with Crippen molar-refractivity contribution in [1.82, 2.24) is 10.2 Å². The van der Waals surface area contributed by atoms with Crippen LogP contribution >= 0.6 is 24.0 Å². The molecule has 5 nitrogen and oxygen atoms in total. The quantitative estimate of drug-likeness (QED) is 0.357. The summed E-state index contributed by atoms with van der Waals surface area (Å²) in [4.78, 5) is 7.29. The van der Waals surface area contributed by atoms with Crippen molar-refractivity contribution in [2.24, 2.45) is 22.2 Å². The number of hydrogen-bond acceptors (Lipinski definition) is 3. The molecule has 2 rings (SSSR count). The van der Waals surface area contributed by atoms with Gasteiger partial charge in [0, 0.05) is 32.4 Å². The third-order valence-electron chi connectivity index (χ3n) is 5.42. The van der Waals surface area contributed by atoms with E-state index in [4.69, 9.17) is 4.99 Å². The first-order valence-corrected chi connectivity index (χ1v) is 11.5. The van der Waals surface area contributed by atoms with E-state index in [1.54, 1.807) is 0 Å². The monoisotopic (exact) mass is 485 g/mol. The van der Waals surface area contributed by atoms with Crippen molar-refractivity contribution in [3.8, 4) is 0 Å². The number of nitrogens with zero attached hydrogens (tertiary/aromatic N) is 2. The second kappa shape index (κ2) is 9.76. The Bertz CT molecular complexity index is 535. The lowest BCUT2D eigenvalue weighted by Gasteiger charge is -2.26. The molecule has 2 aliphatic rings. The molecule has 0 radical (unpaired) electrons. The van der Waals surface area contributed by atoms with Crippen LogP contribution in [0.2, 0.25) is 0 Å². The van der Waals surface area contributed by atoms with E-state index in [2.05, 4.69) is 31.0 Å². The Balaban J connectivity index is 0.00000312. The van der Waals surface area contributed by atoms with Crippen molar-refractivity contribution in [3.63, 3.8) is 0 Å². The van der Waals surface area contributed by atoms with E-state index in [9.17, 15) is 8.42 Å². The Morgan fingerprint density at radius 1 is 1.20 bits per heavy atom. The molecule has 1 N–H and O–H groups in total. The molecule has 25 heavy (non-hydrogen) atoms. The average Bonchev–Trinajstić information content (AvgIpc) is 2.93. The minimum atomic E-state index is -2.91. The van der Waals surface area contributed by atoms with Crippen molar-refractivity contribution in [2.45, 2.75) is 52.9 Å². The first-order chi connectivity index (χ1) is 11.2. The van der Waals surface area contributed by atoms with Crippen LogP contribution < -0.4 is 5.32 Å². The summed E-state index contributed by atoms with van der Waals surface area (Å²) in [5, 5.41) is 3.44. The average molecular weight is 485 g/mol. The van der Waals surface area contributed by atoms with E-state index >= 15 is 0 Å². The third kappa shape index (κ3) is 7.61. The Labute approximate surface area is 171 Å². The zero-order valence-corrected chi connectivity index (χ0v) is 19.4. The molecule has 0 bridgehead atoms. The summed E-state index contributed by atoms with van der Waals surface area (Å²) in [6, 6.07) is 0. The number of aliphatic imine (C=N–C) groups is 1. The second-order valence-corrected chi connectivity index (χ2v) is 10.7. The fraction of sp³-hybridized carbons (Fsp3) is 0.944. The van der Waals surface area contributed by atoms with Crippen LogP contribution in [0.15, 0.2) is 4.99 Å². The fourth-order valence-corrected chi connectivity index (χ4v) is 4.76. The van der Waals surface area contributed by atoms with Gasteiger partial charge in [0.15, 0.2) is 5.96 Å². The highest BCUT2D eigenvalue weighted by molar-refractivity contribution is 14.0. The SMILES string of the molecule is CCNC(=NCC(C)(C)CCS(C)(=O)=O)N1CC2CCCCC2C1.I.